The minimum atomic E-state index is 0.0414. The van der Waals surface area contributed by atoms with Crippen LogP contribution in [0.2, 0.25) is 0 Å². The number of nitrogens with zero attached hydrogens (tertiary/aromatic N) is 3. The summed E-state index contributed by atoms with van der Waals surface area (Å²) in [4.78, 5) is 27.5. The third-order valence-electron chi connectivity index (χ3n) is 4.66. The van der Waals surface area contributed by atoms with Crippen LogP contribution >= 0.6 is 45.8 Å². The van der Waals surface area contributed by atoms with Gasteiger partial charge in [0, 0.05) is 21.7 Å². The molecule has 0 saturated carbocycles. The largest absolute Gasteiger partial charge is 0.330 e. The molecule has 27 heavy (non-hydrogen) atoms. The lowest BCUT2D eigenvalue weighted by Crippen LogP contribution is -2.40. The van der Waals surface area contributed by atoms with Crippen molar-refractivity contribution in [3.63, 3.8) is 0 Å². The van der Waals surface area contributed by atoms with E-state index < -0.39 is 0 Å². The summed E-state index contributed by atoms with van der Waals surface area (Å²) in [6, 6.07) is 8.44. The molecule has 1 amide bonds. The van der Waals surface area contributed by atoms with E-state index in [1.807, 2.05) is 16.3 Å². The fourth-order valence-electron chi connectivity index (χ4n) is 3.43. The number of hydrogen-bond acceptors (Lipinski definition) is 7. The molecule has 8 heteroatoms. The molecule has 0 unspecified atom stereocenters. The van der Waals surface area contributed by atoms with Gasteiger partial charge in [0.15, 0.2) is 0 Å². The number of hydrogen-bond donors (Lipinski definition) is 0. The van der Waals surface area contributed by atoms with E-state index in [1.165, 1.54) is 27.1 Å². The maximum atomic E-state index is 13.2. The van der Waals surface area contributed by atoms with Gasteiger partial charge in [-0.05, 0) is 46.3 Å². The normalized spacial score (nSPS) is 16.6. The minimum Gasteiger partial charge on any atom is -0.330 e. The van der Waals surface area contributed by atoms with Crippen LogP contribution in [0, 0.1) is 0 Å². The van der Waals surface area contributed by atoms with Gasteiger partial charge in [-0.1, -0.05) is 17.8 Å². The molecule has 0 fully saturated rings. The number of rotatable bonds is 4. The number of amides is 1. The lowest BCUT2D eigenvalue weighted by molar-refractivity contribution is -0.130. The number of thioether (sulfide) groups is 1. The van der Waals surface area contributed by atoms with E-state index in [4.69, 9.17) is 0 Å². The molecule has 0 spiro atoms. The molecule has 5 rings (SSSR count). The number of carbonyl (C=O) groups is 1. The third kappa shape index (κ3) is 3.20. The summed E-state index contributed by atoms with van der Waals surface area (Å²) in [5, 5.41) is 8.16. The predicted octanol–water partition coefficient (Wildman–Crippen LogP) is 5.08. The Morgan fingerprint density at radius 1 is 1.15 bits per heavy atom. The fourth-order valence-corrected chi connectivity index (χ4v) is 6.86. The Hall–Kier alpha value is -1.74. The zero-order valence-corrected chi connectivity index (χ0v) is 17.5. The highest BCUT2D eigenvalue weighted by atomic mass is 32.2. The first kappa shape index (κ1) is 17.4. The summed E-state index contributed by atoms with van der Waals surface area (Å²) in [6.07, 6.45) is 2.52. The van der Waals surface area contributed by atoms with Crippen LogP contribution in [0.15, 0.2) is 51.8 Å². The summed E-state index contributed by atoms with van der Waals surface area (Å²) in [5.74, 6) is 0.556. The van der Waals surface area contributed by atoms with Crippen molar-refractivity contribution in [3.05, 3.63) is 62.1 Å². The minimum absolute atomic E-state index is 0.0414. The first-order valence-corrected chi connectivity index (χ1v) is 12.1. The van der Waals surface area contributed by atoms with Gasteiger partial charge in [0.05, 0.1) is 11.8 Å². The summed E-state index contributed by atoms with van der Waals surface area (Å²) >= 11 is 6.63. The molecule has 5 heterocycles. The SMILES string of the molecule is O=C(CSc1ncnc2sccc12)N1CCc2sccc2[C@H]1c1cccs1. The first-order valence-electron chi connectivity index (χ1n) is 8.51. The van der Waals surface area contributed by atoms with Crippen molar-refractivity contribution < 1.29 is 4.79 Å². The second kappa shape index (κ2) is 7.35. The van der Waals surface area contributed by atoms with Crippen LogP contribution in [0.1, 0.15) is 21.4 Å². The zero-order valence-electron chi connectivity index (χ0n) is 14.2. The monoisotopic (exact) mass is 429 g/mol. The van der Waals surface area contributed by atoms with Crippen LogP contribution in [-0.2, 0) is 11.2 Å². The zero-order chi connectivity index (χ0) is 18.2. The summed E-state index contributed by atoms with van der Waals surface area (Å²) < 4.78 is 0. The standard InChI is InChI=1S/C19H15N3OS4/c23-16(10-27-19-13-5-9-26-18(13)20-11-21-19)22-6-3-14-12(4-8-25-14)17(22)15-2-1-7-24-15/h1-2,4-5,7-9,11,17H,3,6,10H2/t17-/m0/s1. The predicted molar refractivity (Wildman–Crippen MR) is 114 cm³/mol. The molecule has 4 nitrogen and oxygen atoms in total. The molecule has 136 valence electrons. The van der Waals surface area contributed by atoms with Crippen molar-refractivity contribution >= 4 is 61.9 Å². The summed E-state index contributed by atoms with van der Waals surface area (Å²) in [5.41, 5.74) is 1.29. The maximum Gasteiger partial charge on any atom is 0.233 e. The number of fused-ring (bicyclic) bond motifs is 2. The van der Waals surface area contributed by atoms with E-state index >= 15 is 0 Å². The highest BCUT2D eigenvalue weighted by molar-refractivity contribution is 8.00. The van der Waals surface area contributed by atoms with Crippen LogP contribution in [0.5, 0.6) is 0 Å². The van der Waals surface area contributed by atoms with Crippen molar-refractivity contribution in [2.75, 3.05) is 12.3 Å². The molecule has 0 bridgehead atoms. The van der Waals surface area contributed by atoms with Crippen molar-refractivity contribution in [2.45, 2.75) is 17.5 Å². The first-order chi connectivity index (χ1) is 13.3. The Balaban J connectivity index is 1.40. The highest BCUT2D eigenvalue weighted by Gasteiger charge is 2.33. The molecular formula is C19H15N3OS4. The fraction of sp³-hybridized carbons (Fsp3) is 0.211. The average Bonchev–Trinajstić information content (AvgIpc) is 3.46. The van der Waals surface area contributed by atoms with E-state index in [0.717, 1.165) is 28.2 Å². The maximum absolute atomic E-state index is 13.2. The second-order valence-corrected chi connectivity index (χ2v) is 10.00. The van der Waals surface area contributed by atoms with Gasteiger partial charge in [0.1, 0.15) is 16.2 Å². The molecule has 0 aromatic carbocycles. The molecule has 4 aromatic heterocycles. The molecule has 1 aliphatic rings. The van der Waals surface area contributed by atoms with Crippen LogP contribution < -0.4 is 0 Å². The van der Waals surface area contributed by atoms with Gasteiger partial charge in [0.2, 0.25) is 5.91 Å². The topological polar surface area (TPSA) is 46.1 Å². The molecule has 1 atom stereocenters. The van der Waals surface area contributed by atoms with E-state index in [9.17, 15) is 4.79 Å². The van der Waals surface area contributed by atoms with Crippen LogP contribution in [0.4, 0.5) is 0 Å². The Morgan fingerprint density at radius 3 is 2.96 bits per heavy atom. The lowest BCUT2D eigenvalue weighted by Gasteiger charge is -2.35. The summed E-state index contributed by atoms with van der Waals surface area (Å²) in [7, 11) is 0. The van der Waals surface area contributed by atoms with Crippen molar-refractivity contribution in [1.82, 2.24) is 14.9 Å². The molecule has 0 saturated heterocycles. The van der Waals surface area contributed by atoms with E-state index in [1.54, 1.807) is 40.3 Å². The third-order valence-corrected chi connectivity index (χ3v) is 8.39. The van der Waals surface area contributed by atoms with Gasteiger partial charge in [-0.15, -0.1) is 34.0 Å². The van der Waals surface area contributed by atoms with Gasteiger partial charge >= 0.3 is 0 Å². The van der Waals surface area contributed by atoms with Gasteiger partial charge < -0.3 is 4.90 Å². The van der Waals surface area contributed by atoms with Gasteiger partial charge in [-0.25, -0.2) is 9.97 Å². The number of carbonyl (C=O) groups excluding carboxylic acids is 1. The molecular weight excluding hydrogens is 414 g/mol. The number of thiophene rings is 3. The average molecular weight is 430 g/mol. The van der Waals surface area contributed by atoms with E-state index in [-0.39, 0.29) is 11.9 Å². The van der Waals surface area contributed by atoms with Crippen molar-refractivity contribution in [3.8, 4) is 0 Å². The molecule has 1 aliphatic heterocycles. The van der Waals surface area contributed by atoms with Crippen LogP contribution in [0.25, 0.3) is 10.2 Å². The molecule has 4 aromatic rings. The van der Waals surface area contributed by atoms with Crippen molar-refractivity contribution in [1.29, 1.82) is 0 Å². The Morgan fingerprint density at radius 2 is 2.07 bits per heavy atom. The Kier molecular flexibility index (Phi) is 4.73. The Labute approximate surface area is 172 Å². The molecule has 0 N–H and O–H groups in total. The van der Waals surface area contributed by atoms with Crippen LogP contribution in [-0.4, -0.2) is 33.1 Å². The second-order valence-electron chi connectivity index (χ2n) is 6.16. The van der Waals surface area contributed by atoms with Gasteiger partial charge in [-0.3, -0.25) is 4.79 Å². The quantitative estimate of drug-likeness (QED) is 0.335. The van der Waals surface area contributed by atoms with E-state index in [2.05, 4.69) is 38.9 Å². The summed E-state index contributed by atoms with van der Waals surface area (Å²) in [6.45, 7) is 0.771. The highest BCUT2D eigenvalue weighted by Crippen LogP contribution is 2.40. The Bertz CT molecular complexity index is 1090. The van der Waals surface area contributed by atoms with Gasteiger partial charge in [0.25, 0.3) is 0 Å². The van der Waals surface area contributed by atoms with Crippen molar-refractivity contribution in [2.24, 2.45) is 0 Å². The molecule has 0 radical (unpaired) electrons. The lowest BCUT2D eigenvalue weighted by atomic mass is 9.98. The smallest absolute Gasteiger partial charge is 0.233 e. The van der Waals surface area contributed by atoms with E-state index in [0.29, 0.717) is 5.75 Å². The van der Waals surface area contributed by atoms with Crippen LogP contribution in [0.3, 0.4) is 0 Å². The number of aromatic nitrogens is 2. The molecule has 0 aliphatic carbocycles. The van der Waals surface area contributed by atoms with Gasteiger partial charge in [-0.2, -0.15) is 0 Å².